The Balaban J connectivity index is 1.38. The van der Waals surface area contributed by atoms with E-state index in [0.29, 0.717) is 25.2 Å². The number of aromatic nitrogens is 2. The summed E-state index contributed by atoms with van der Waals surface area (Å²) in [7, 11) is 0. The van der Waals surface area contributed by atoms with E-state index in [-0.39, 0.29) is 24.2 Å². The summed E-state index contributed by atoms with van der Waals surface area (Å²) in [4.78, 5) is 34.0. The Labute approximate surface area is 163 Å². The molecule has 0 radical (unpaired) electrons. The highest BCUT2D eigenvalue weighted by atomic mass is 16.7. The van der Waals surface area contributed by atoms with Crippen LogP contribution in [0.15, 0.2) is 29.1 Å². The van der Waals surface area contributed by atoms with Crippen LogP contribution in [0.5, 0.6) is 11.5 Å². The maximum atomic E-state index is 12.7. The molecule has 0 spiro atoms. The first-order chi connectivity index (χ1) is 13.6. The molecule has 7 nitrogen and oxygen atoms in total. The zero-order chi connectivity index (χ0) is 19.5. The van der Waals surface area contributed by atoms with Gasteiger partial charge in [0.15, 0.2) is 11.5 Å². The summed E-state index contributed by atoms with van der Waals surface area (Å²) in [6, 6.07) is 7.35. The molecule has 2 aliphatic rings. The number of likely N-dealkylation sites (tertiary alicyclic amines) is 1. The van der Waals surface area contributed by atoms with Crippen molar-refractivity contribution in [2.45, 2.75) is 44.9 Å². The highest BCUT2D eigenvalue weighted by Gasteiger charge is 2.26. The van der Waals surface area contributed by atoms with Gasteiger partial charge in [-0.1, -0.05) is 13.0 Å². The van der Waals surface area contributed by atoms with E-state index in [2.05, 4.69) is 9.97 Å². The minimum Gasteiger partial charge on any atom is -0.454 e. The summed E-state index contributed by atoms with van der Waals surface area (Å²) in [5.41, 5.74) is 1.74. The molecule has 1 aromatic heterocycles. The molecule has 4 rings (SSSR count). The number of carbonyl (C=O) groups is 1. The Kier molecular flexibility index (Phi) is 5.32. The molecule has 2 aliphatic heterocycles. The number of hydrogen-bond donors (Lipinski definition) is 1. The summed E-state index contributed by atoms with van der Waals surface area (Å²) in [6.45, 7) is 3.60. The summed E-state index contributed by atoms with van der Waals surface area (Å²) in [5.74, 6) is 2.43. The Morgan fingerprint density at radius 1 is 1.29 bits per heavy atom. The lowest BCUT2D eigenvalue weighted by Gasteiger charge is -2.32. The predicted molar refractivity (Wildman–Crippen MR) is 104 cm³/mol. The van der Waals surface area contributed by atoms with E-state index >= 15 is 0 Å². The van der Waals surface area contributed by atoms with Crippen molar-refractivity contribution >= 4 is 5.91 Å². The van der Waals surface area contributed by atoms with Gasteiger partial charge in [-0.05, 0) is 43.4 Å². The van der Waals surface area contributed by atoms with Crippen LogP contribution in [0.2, 0.25) is 0 Å². The van der Waals surface area contributed by atoms with E-state index in [4.69, 9.17) is 9.47 Å². The number of benzene rings is 1. The molecule has 0 aliphatic carbocycles. The lowest BCUT2D eigenvalue weighted by molar-refractivity contribution is -0.132. The van der Waals surface area contributed by atoms with Crippen molar-refractivity contribution in [3.05, 3.63) is 51.7 Å². The average Bonchev–Trinajstić information content (AvgIpc) is 3.19. The molecular formula is C21H25N3O4. The van der Waals surface area contributed by atoms with Crippen LogP contribution in [0, 0.1) is 0 Å². The average molecular weight is 383 g/mol. The Bertz CT molecular complexity index is 924. The number of nitrogens with zero attached hydrogens (tertiary/aromatic N) is 2. The highest BCUT2D eigenvalue weighted by molar-refractivity contribution is 5.76. The van der Waals surface area contributed by atoms with Crippen molar-refractivity contribution in [1.29, 1.82) is 0 Å². The van der Waals surface area contributed by atoms with E-state index in [1.54, 1.807) is 6.07 Å². The quantitative estimate of drug-likeness (QED) is 0.857. The molecule has 1 N–H and O–H groups in total. The Morgan fingerprint density at radius 3 is 3.00 bits per heavy atom. The molecule has 3 heterocycles. The monoisotopic (exact) mass is 383 g/mol. The van der Waals surface area contributed by atoms with Gasteiger partial charge in [-0.2, -0.15) is 0 Å². The number of fused-ring (bicyclic) bond motifs is 1. The van der Waals surface area contributed by atoms with Gasteiger partial charge < -0.3 is 19.4 Å². The van der Waals surface area contributed by atoms with Gasteiger partial charge in [-0.3, -0.25) is 9.59 Å². The molecule has 1 saturated heterocycles. The zero-order valence-electron chi connectivity index (χ0n) is 16.1. The molecule has 0 saturated carbocycles. The second kappa shape index (κ2) is 8.04. The van der Waals surface area contributed by atoms with E-state index < -0.39 is 0 Å². The number of ether oxygens (including phenoxy) is 2. The number of carbonyl (C=O) groups excluding carboxylic acids is 1. The normalized spacial score (nSPS) is 18.3. The molecule has 0 unspecified atom stereocenters. The number of amides is 1. The number of aryl methyl sites for hydroxylation is 2. The van der Waals surface area contributed by atoms with E-state index in [1.807, 2.05) is 30.0 Å². The van der Waals surface area contributed by atoms with Crippen molar-refractivity contribution in [2.24, 2.45) is 0 Å². The topological polar surface area (TPSA) is 84.5 Å². The van der Waals surface area contributed by atoms with Crippen LogP contribution in [-0.4, -0.2) is 40.7 Å². The number of H-pyrrole nitrogens is 1. The van der Waals surface area contributed by atoms with Gasteiger partial charge in [0, 0.05) is 37.2 Å². The molecule has 148 valence electrons. The van der Waals surface area contributed by atoms with E-state index in [1.165, 1.54) is 0 Å². The van der Waals surface area contributed by atoms with Crippen molar-refractivity contribution < 1.29 is 14.3 Å². The third-order valence-corrected chi connectivity index (χ3v) is 5.40. The second-order valence-corrected chi connectivity index (χ2v) is 7.34. The summed E-state index contributed by atoms with van der Waals surface area (Å²) in [5, 5.41) is 0. The summed E-state index contributed by atoms with van der Waals surface area (Å²) in [6.07, 6.45) is 3.69. The van der Waals surface area contributed by atoms with E-state index in [0.717, 1.165) is 48.6 Å². The van der Waals surface area contributed by atoms with Gasteiger partial charge in [0.25, 0.3) is 5.56 Å². The number of hydrogen-bond acceptors (Lipinski definition) is 5. The number of rotatable bonds is 5. The van der Waals surface area contributed by atoms with Crippen molar-refractivity contribution in [3.8, 4) is 11.5 Å². The summed E-state index contributed by atoms with van der Waals surface area (Å²) < 4.78 is 10.7. The van der Waals surface area contributed by atoms with Crippen LogP contribution < -0.4 is 15.0 Å². The SMILES string of the molecule is CCc1cc(=O)[nH]c([C@@H]2CCCN(C(=O)CCc3ccc4c(c3)OCO4)C2)n1. The van der Waals surface area contributed by atoms with Gasteiger partial charge in [0.05, 0.1) is 0 Å². The van der Waals surface area contributed by atoms with Crippen molar-refractivity contribution in [3.63, 3.8) is 0 Å². The zero-order valence-corrected chi connectivity index (χ0v) is 16.1. The Hall–Kier alpha value is -2.83. The van der Waals surface area contributed by atoms with Crippen LogP contribution >= 0.6 is 0 Å². The van der Waals surface area contributed by atoms with Gasteiger partial charge in [-0.15, -0.1) is 0 Å². The maximum absolute atomic E-state index is 12.7. The third-order valence-electron chi connectivity index (χ3n) is 5.40. The molecule has 0 bridgehead atoms. The highest BCUT2D eigenvalue weighted by Crippen LogP contribution is 2.33. The van der Waals surface area contributed by atoms with Crippen LogP contribution in [0.3, 0.4) is 0 Å². The minimum absolute atomic E-state index is 0.0856. The van der Waals surface area contributed by atoms with Gasteiger partial charge >= 0.3 is 0 Å². The van der Waals surface area contributed by atoms with Crippen LogP contribution in [0.25, 0.3) is 0 Å². The third kappa shape index (κ3) is 4.03. The van der Waals surface area contributed by atoms with Gasteiger partial charge in [-0.25, -0.2) is 4.98 Å². The molecule has 28 heavy (non-hydrogen) atoms. The minimum atomic E-state index is -0.117. The van der Waals surface area contributed by atoms with Crippen LogP contribution in [0.1, 0.15) is 49.2 Å². The van der Waals surface area contributed by atoms with Crippen molar-refractivity contribution in [1.82, 2.24) is 14.9 Å². The fourth-order valence-corrected chi connectivity index (χ4v) is 3.84. The van der Waals surface area contributed by atoms with Crippen LogP contribution in [0.4, 0.5) is 0 Å². The molecule has 2 aromatic rings. The summed E-state index contributed by atoms with van der Waals surface area (Å²) >= 11 is 0. The number of aromatic amines is 1. The molecule has 7 heteroatoms. The number of piperidine rings is 1. The predicted octanol–water partition coefficient (Wildman–Crippen LogP) is 2.40. The van der Waals surface area contributed by atoms with Crippen LogP contribution in [-0.2, 0) is 17.6 Å². The fourth-order valence-electron chi connectivity index (χ4n) is 3.84. The lowest BCUT2D eigenvalue weighted by Crippen LogP contribution is -2.40. The maximum Gasteiger partial charge on any atom is 0.251 e. The fraction of sp³-hybridized carbons (Fsp3) is 0.476. The number of nitrogens with one attached hydrogen (secondary N) is 1. The first kappa shape index (κ1) is 18.5. The Morgan fingerprint density at radius 2 is 2.14 bits per heavy atom. The smallest absolute Gasteiger partial charge is 0.251 e. The second-order valence-electron chi connectivity index (χ2n) is 7.34. The van der Waals surface area contributed by atoms with Gasteiger partial charge in [0.2, 0.25) is 12.7 Å². The van der Waals surface area contributed by atoms with Crippen molar-refractivity contribution in [2.75, 3.05) is 19.9 Å². The molecule has 1 fully saturated rings. The van der Waals surface area contributed by atoms with Gasteiger partial charge in [0.1, 0.15) is 5.82 Å². The molecule has 1 aromatic carbocycles. The molecular weight excluding hydrogens is 358 g/mol. The molecule has 1 atom stereocenters. The largest absolute Gasteiger partial charge is 0.454 e. The first-order valence-corrected chi connectivity index (χ1v) is 9.89. The molecule has 1 amide bonds. The lowest BCUT2D eigenvalue weighted by atomic mass is 9.96. The first-order valence-electron chi connectivity index (χ1n) is 9.89. The van der Waals surface area contributed by atoms with E-state index in [9.17, 15) is 9.59 Å². The standard InChI is InChI=1S/C21H25N3O4/c1-2-16-11-19(25)23-21(22-16)15-4-3-9-24(12-15)20(26)8-6-14-5-7-17-18(10-14)28-13-27-17/h5,7,10-11,15H,2-4,6,8-9,12-13H2,1H3,(H,22,23,25)/t15-/m1/s1.